The number of anilines is 1. The van der Waals surface area contributed by atoms with Gasteiger partial charge in [-0.05, 0) is 88.5 Å². The van der Waals surface area contributed by atoms with Crippen molar-refractivity contribution in [3.05, 3.63) is 21.4 Å². The Bertz CT molecular complexity index is 1200. The maximum absolute atomic E-state index is 15.4. The van der Waals surface area contributed by atoms with Crippen molar-refractivity contribution in [3.8, 4) is 6.01 Å². The fraction of sp³-hybridized carbons (Fsp3) is 0.654. The first-order valence-corrected chi connectivity index (χ1v) is 14.1. The molecule has 1 aromatic heterocycles. The molecule has 3 aliphatic rings. The SMILES string of the molecule is CC1CN(C(=O)OC(C)(C)C)CCN1c1nc(OCC23CCCN2CCC3)nc2c(F)c(Br)c(Cl)cc12. The largest absolute Gasteiger partial charge is 0.461 e. The average Bonchev–Trinajstić information content (AvgIpc) is 3.41. The number of rotatable bonds is 4. The van der Waals surface area contributed by atoms with Crippen molar-refractivity contribution in [2.24, 2.45) is 0 Å². The lowest BCUT2D eigenvalue weighted by atomic mass is 9.95. The summed E-state index contributed by atoms with van der Waals surface area (Å²) < 4.78 is 27.3. The van der Waals surface area contributed by atoms with Crippen molar-refractivity contribution in [1.29, 1.82) is 0 Å². The third kappa shape index (κ3) is 5.21. The van der Waals surface area contributed by atoms with Gasteiger partial charge >= 0.3 is 12.1 Å². The Morgan fingerprint density at radius 3 is 2.57 bits per heavy atom. The highest BCUT2D eigenvalue weighted by atomic mass is 79.9. The molecule has 1 atom stereocenters. The zero-order chi connectivity index (χ0) is 26.5. The lowest BCUT2D eigenvalue weighted by molar-refractivity contribution is 0.0218. The summed E-state index contributed by atoms with van der Waals surface area (Å²) >= 11 is 9.59. The molecule has 0 spiro atoms. The summed E-state index contributed by atoms with van der Waals surface area (Å²) in [7, 11) is 0. The molecule has 3 saturated heterocycles. The van der Waals surface area contributed by atoms with E-state index in [9.17, 15) is 4.79 Å². The van der Waals surface area contributed by atoms with Crippen LogP contribution in [0.15, 0.2) is 10.5 Å². The number of hydrogen-bond acceptors (Lipinski definition) is 7. The number of carbonyl (C=O) groups excluding carboxylic acids is 1. The molecule has 0 N–H and O–H groups in total. The van der Waals surface area contributed by atoms with E-state index in [-0.39, 0.29) is 38.7 Å². The molecule has 4 heterocycles. The quantitative estimate of drug-likeness (QED) is 0.422. The van der Waals surface area contributed by atoms with Crippen LogP contribution in [0, 0.1) is 5.82 Å². The van der Waals surface area contributed by atoms with Gasteiger partial charge in [0, 0.05) is 31.1 Å². The number of halogens is 3. The molecule has 3 fully saturated rings. The third-order valence-corrected chi connectivity index (χ3v) is 8.92. The summed E-state index contributed by atoms with van der Waals surface area (Å²) in [5.74, 6) is 0.00871. The molecule has 1 unspecified atom stereocenters. The Kier molecular flexibility index (Phi) is 7.21. The van der Waals surface area contributed by atoms with Gasteiger partial charge in [0.15, 0.2) is 5.82 Å². The summed E-state index contributed by atoms with van der Waals surface area (Å²) in [6.45, 7) is 11.6. The lowest BCUT2D eigenvalue weighted by Crippen LogP contribution is -2.55. The fourth-order valence-electron chi connectivity index (χ4n) is 5.84. The maximum atomic E-state index is 15.4. The van der Waals surface area contributed by atoms with E-state index in [1.54, 1.807) is 11.0 Å². The van der Waals surface area contributed by atoms with Crippen LogP contribution in [0.3, 0.4) is 0 Å². The predicted octanol–water partition coefficient (Wildman–Crippen LogP) is 5.64. The molecule has 0 bridgehead atoms. The van der Waals surface area contributed by atoms with Crippen LogP contribution in [0.4, 0.5) is 15.0 Å². The van der Waals surface area contributed by atoms with Crippen LogP contribution in [0.2, 0.25) is 5.02 Å². The van der Waals surface area contributed by atoms with Crippen LogP contribution in [-0.2, 0) is 4.74 Å². The smallest absolute Gasteiger partial charge is 0.410 e. The molecule has 202 valence electrons. The number of ether oxygens (including phenoxy) is 2. The fourth-order valence-corrected chi connectivity index (χ4v) is 6.34. The van der Waals surface area contributed by atoms with Crippen molar-refractivity contribution in [1.82, 2.24) is 19.8 Å². The van der Waals surface area contributed by atoms with Crippen LogP contribution in [0.25, 0.3) is 10.9 Å². The highest BCUT2D eigenvalue weighted by Gasteiger charge is 2.45. The highest BCUT2D eigenvalue weighted by Crippen LogP contribution is 2.40. The highest BCUT2D eigenvalue weighted by molar-refractivity contribution is 9.10. The number of carbonyl (C=O) groups is 1. The third-order valence-electron chi connectivity index (χ3n) is 7.62. The van der Waals surface area contributed by atoms with Crippen molar-refractivity contribution in [2.45, 2.75) is 70.6 Å². The van der Waals surface area contributed by atoms with Gasteiger partial charge in [-0.25, -0.2) is 9.18 Å². The molecular weight excluding hydrogens is 565 g/mol. The summed E-state index contributed by atoms with van der Waals surface area (Å²) in [5, 5.41) is 0.757. The number of hydrogen-bond donors (Lipinski definition) is 0. The molecule has 37 heavy (non-hydrogen) atoms. The molecule has 0 radical (unpaired) electrons. The van der Waals surface area contributed by atoms with Crippen LogP contribution < -0.4 is 9.64 Å². The van der Waals surface area contributed by atoms with Crippen molar-refractivity contribution < 1.29 is 18.7 Å². The van der Waals surface area contributed by atoms with Crippen LogP contribution in [0.1, 0.15) is 53.4 Å². The molecule has 11 heteroatoms. The molecule has 5 rings (SSSR count). The van der Waals surface area contributed by atoms with E-state index in [4.69, 9.17) is 26.1 Å². The molecule has 2 aromatic rings. The zero-order valence-electron chi connectivity index (χ0n) is 21.8. The molecule has 0 saturated carbocycles. The number of amides is 1. The summed E-state index contributed by atoms with van der Waals surface area (Å²) in [6.07, 6.45) is 4.16. The van der Waals surface area contributed by atoms with Gasteiger partial charge < -0.3 is 19.3 Å². The van der Waals surface area contributed by atoms with Gasteiger partial charge in [-0.2, -0.15) is 9.97 Å². The van der Waals surface area contributed by atoms with Crippen molar-refractivity contribution in [3.63, 3.8) is 0 Å². The monoisotopic (exact) mass is 597 g/mol. The molecule has 1 amide bonds. The Morgan fingerprint density at radius 1 is 1.22 bits per heavy atom. The van der Waals surface area contributed by atoms with Gasteiger partial charge in [0.05, 0.1) is 15.0 Å². The van der Waals surface area contributed by atoms with E-state index in [0.717, 1.165) is 38.8 Å². The van der Waals surface area contributed by atoms with Gasteiger partial charge in [0.1, 0.15) is 23.5 Å². The van der Waals surface area contributed by atoms with Crippen molar-refractivity contribution >= 4 is 50.3 Å². The van der Waals surface area contributed by atoms with E-state index >= 15 is 4.39 Å². The second-order valence-electron chi connectivity index (χ2n) is 11.4. The van der Waals surface area contributed by atoms with E-state index in [0.29, 0.717) is 37.4 Å². The van der Waals surface area contributed by atoms with Crippen LogP contribution >= 0.6 is 27.5 Å². The minimum Gasteiger partial charge on any atom is -0.461 e. The Morgan fingerprint density at radius 2 is 1.92 bits per heavy atom. The summed E-state index contributed by atoms with van der Waals surface area (Å²) in [5.41, 5.74) is -0.392. The maximum Gasteiger partial charge on any atom is 0.410 e. The van der Waals surface area contributed by atoms with E-state index in [2.05, 4.69) is 30.7 Å². The van der Waals surface area contributed by atoms with Gasteiger partial charge in [0.2, 0.25) is 0 Å². The normalized spacial score (nSPS) is 22.0. The van der Waals surface area contributed by atoms with Gasteiger partial charge in [-0.1, -0.05) is 11.6 Å². The molecule has 0 aliphatic carbocycles. The number of fused-ring (bicyclic) bond motifs is 2. The first kappa shape index (κ1) is 26.7. The standard InChI is InChI=1S/C26H34BrClFN5O3/c1-16-14-32(24(35)37-25(2,3)4)11-12-34(16)22-17-13-18(28)19(27)20(29)21(17)30-23(31-22)36-15-26-7-5-9-33(26)10-6-8-26/h13,16H,5-12,14-15H2,1-4H3. The number of piperazine rings is 1. The Hall–Kier alpha value is -1.91. The number of benzene rings is 1. The Balaban J connectivity index is 1.45. The van der Waals surface area contributed by atoms with Crippen LogP contribution in [0.5, 0.6) is 6.01 Å². The first-order chi connectivity index (χ1) is 17.5. The molecule has 8 nitrogen and oxygen atoms in total. The van der Waals surface area contributed by atoms with Gasteiger partial charge in [-0.3, -0.25) is 4.90 Å². The molecule has 3 aliphatic heterocycles. The topological polar surface area (TPSA) is 71.0 Å². The first-order valence-electron chi connectivity index (χ1n) is 13.0. The summed E-state index contributed by atoms with van der Waals surface area (Å²) in [4.78, 5) is 28.2. The van der Waals surface area contributed by atoms with E-state index in [1.807, 2.05) is 27.7 Å². The minimum atomic E-state index is -0.568. The summed E-state index contributed by atoms with van der Waals surface area (Å²) in [6, 6.07) is 1.74. The van der Waals surface area contributed by atoms with Crippen molar-refractivity contribution in [2.75, 3.05) is 44.2 Å². The predicted molar refractivity (Wildman–Crippen MR) is 145 cm³/mol. The lowest BCUT2D eigenvalue weighted by Gasteiger charge is -2.41. The van der Waals surface area contributed by atoms with Gasteiger partial charge in [-0.15, -0.1) is 0 Å². The zero-order valence-corrected chi connectivity index (χ0v) is 24.2. The second-order valence-corrected chi connectivity index (χ2v) is 12.6. The number of nitrogens with zero attached hydrogens (tertiary/aromatic N) is 5. The number of aromatic nitrogens is 2. The Labute approximate surface area is 230 Å². The molecular formula is C26H34BrClFN5O3. The second kappa shape index (κ2) is 10.0. The van der Waals surface area contributed by atoms with E-state index in [1.165, 1.54) is 0 Å². The molecule has 1 aromatic carbocycles. The van der Waals surface area contributed by atoms with Crippen LogP contribution in [-0.4, -0.2) is 82.4 Å². The van der Waals surface area contributed by atoms with E-state index < -0.39 is 11.4 Å². The minimum absolute atomic E-state index is 0.0178. The van der Waals surface area contributed by atoms with Gasteiger partial charge in [0.25, 0.3) is 0 Å². The average molecular weight is 599 g/mol.